The summed E-state index contributed by atoms with van der Waals surface area (Å²) in [6.45, 7) is 7.70. The Balaban J connectivity index is 1.60. The number of likely N-dealkylation sites (tertiary alicyclic amines) is 1. The third-order valence-electron chi connectivity index (χ3n) is 4.79. The Labute approximate surface area is 93.4 Å². The first kappa shape index (κ1) is 10.1. The van der Waals surface area contributed by atoms with Crippen LogP contribution in [-0.4, -0.2) is 37.1 Å². The second-order valence-electron chi connectivity index (χ2n) is 6.35. The molecule has 2 aliphatic heterocycles. The Kier molecular flexibility index (Phi) is 2.52. The minimum absolute atomic E-state index is 0.558. The lowest BCUT2D eigenvalue weighted by Gasteiger charge is -2.40. The van der Waals surface area contributed by atoms with Gasteiger partial charge in [0.05, 0.1) is 0 Å². The van der Waals surface area contributed by atoms with Crippen LogP contribution in [0.5, 0.6) is 0 Å². The first-order valence-corrected chi connectivity index (χ1v) is 6.70. The van der Waals surface area contributed by atoms with Gasteiger partial charge in [-0.15, -0.1) is 0 Å². The van der Waals surface area contributed by atoms with Gasteiger partial charge in [-0.25, -0.2) is 0 Å². The van der Waals surface area contributed by atoms with Gasteiger partial charge in [-0.3, -0.25) is 4.90 Å². The van der Waals surface area contributed by atoms with E-state index in [4.69, 9.17) is 0 Å². The zero-order valence-corrected chi connectivity index (χ0v) is 9.97. The topological polar surface area (TPSA) is 15.3 Å². The van der Waals surface area contributed by atoms with Crippen molar-refractivity contribution in [2.24, 2.45) is 11.3 Å². The minimum atomic E-state index is 0.558. The molecule has 0 spiro atoms. The third kappa shape index (κ3) is 1.94. The van der Waals surface area contributed by atoms with Crippen LogP contribution in [0.4, 0.5) is 0 Å². The second kappa shape index (κ2) is 3.74. The lowest BCUT2D eigenvalue weighted by atomic mass is 9.82. The summed E-state index contributed by atoms with van der Waals surface area (Å²) in [6.07, 6.45) is 7.29. The Morgan fingerprint density at radius 2 is 2.33 bits per heavy atom. The quantitative estimate of drug-likeness (QED) is 0.745. The van der Waals surface area contributed by atoms with Gasteiger partial charge in [0.25, 0.3) is 0 Å². The lowest BCUT2D eigenvalue weighted by molar-refractivity contribution is 0.108. The van der Waals surface area contributed by atoms with E-state index in [-0.39, 0.29) is 0 Å². The number of piperidine rings is 2. The maximum absolute atomic E-state index is 3.57. The molecule has 3 atom stereocenters. The molecule has 1 N–H and O–H groups in total. The van der Waals surface area contributed by atoms with Crippen LogP contribution in [0.25, 0.3) is 0 Å². The smallest absolute Gasteiger partial charge is 0.00988 e. The molecule has 0 aromatic heterocycles. The van der Waals surface area contributed by atoms with Crippen LogP contribution in [-0.2, 0) is 0 Å². The molecule has 15 heavy (non-hydrogen) atoms. The fourth-order valence-corrected chi connectivity index (χ4v) is 3.96. The number of hydrogen-bond donors (Lipinski definition) is 1. The van der Waals surface area contributed by atoms with Crippen LogP contribution in [0.1, 0.15) is 39.0 Å². The van der Waals surface area contributed by atoms with Crippen molar-refractivity contribution < 1.29 is 0 Å². The number of hydrogen-bond acceptors (Lipinski definition) is 2. The van der Waals surface area contributed by atoms with Crippen LogP contribution in [0.3, 0.4) is 0 Å². The summed E-state index contributed by atoms with van der Waals surface area (Å²) >= 11 is 0. The minimum Gasteiger partial charge on any atom is -0.316 e. The molecule has 3 rings (SSSR count). The van der Waals surface area contributed by atoms with Crippen molar-refractivity contribution in [2.45, 2.75) is 45.1 Å². The molecule has 0 aromatic carbocycles. The molecular formula is C13H24N2. The van der Waals surface area contributed by atoms with Gasteiger partial charge in [-0.2, -0.15) is 0 Å². The first-order valence-electron chi connectivity index (χ1n) is 6.70. The van der Waals surface area contributed by atoms with Crippen molar-refractivity contribution in [3.63, 3.8) is 0 Å². The van der Waals surface area contributed by atoms with Crippen molar-refractivity contribution in [1.82, 2.24) is 10.2 Å². The SMILES string of the molecule is CC1(CN2CC3CCC2C3)CCCNC1. The summed E-state index contributed by atoms with van der Waals surface area (Å²) in [5, 5.41) is 3.57. The van der Waals surface area contributed by atoms with Gasteiger partial charge in [-0.1, -0.05) is 6.92 Å². The van der Waals surface area contributed by atoms with Crippen molar-refractivity contribution in [3.8, 4) is 0 Å². The summed E-state index contributed by atoms with van der Waals surface area (Å²) in [6, 6.07) is 0.953. The Morgan fingerprint density at radius 3 is 2.93 bits per heavy atom. The standard InChI is InChI=1S/C13H24N2/c1-13(5-2-6-14-9-13)10-15-8-11-3-4-12(15)7-11/h11-12,14H,2-10H2,1H3. The molecule has 2 nitrogen and oxygen atoms in total. The maximum atomic E-state index is 3.57. The zero-order valence-electron chi connectivity index (χ0n) is 9.97. The van der Waals surface area contributed by atoms with Crippen LogP contribution in [0.2, 0.25) is 0 Å². The monoisotopic (exact) mass is 208 g/mol. The van der Waals surface area contributed by atoms with E-state index in [1.165, 1.54) is 58.3 Å². The van der Waals surface area contributed by atoms with E-state index in [0.717, 1.165) is 12.0 Å². The van der Waals surface area contributed by atoms with Crippen molar-refractivity contribution in [3.05, 3.63) is 0 Å². The largest absolute Gasteiger partial charge is 0.316 e. The molecule has 1 aliphatic carbocycles. The summed E-state index contributed by atoms with van der Waals surface area (Å²) in [4.78, 5) is 2.79. The van der Waals surface area contributed by atoms with Gasteiger partial charge in [0, 0.05) is 25.7 Å². The molecule has 2 bridgehead atoms. The molecule has 1 saturated carbocycles. The summed E-state index contributed by atoms with van der Waals surface area (Å²) in [5.41, 5.74) is 0.558. The fraction of sp³-hybridized carbons (Fsp3) is 1.00. The summed E-state index contributed by atoms with van der Waals surface area (Å²) in [7, 11) is 0. The van der Waals surface area contributed by atoms with Gasteiger partial charge < -0.3 is 5.32 Å². The number of nitrogens with one attached hydrogen (secondary N) is 1. The molecule has 0 aromatic rings. The van der Waals surface area contributed by atoms with E-state index >= 15 is 0 Å². The van der Waals surface area contributed by atoms with Gasteiger partial charge in [-0.05, 0) is 50.0 Å². The predicted molar refractivity (Wildman–Crippen MR) is 62.9 cm³/mol. The average Bonchev–Trinajstić information content (AvgIpc) is 2.79. The van der Waals surface area contributed by atoms with E-state index < -0.39 is 0 Å². The Bertz CT molecular complexity index is 233. The zero-order chi connectivity index (χ0) is 10.3. The maximum Gasteiger partial charge on any atom is 0.00988 e. The van der Waals surface area contributed by atoms with Gasteiger partial charge in [0.2, 0.25) is 0 Å². The van der Waals surface area contributed by atoms with Crippen molar-refractivity contribution >= 4 is 0 Å². The Hall–Kier alpha value is -0.0800. The fourth-order valence-electron chi connectivity index (χ4n) is 3.96. The highest BCUT2D eigenvalue weighted by molar-refractivity contribution is 4.95. The lowest BCUT2D eigenvalue weighted by Crippen LogP contribution is -2.47. The van der Waals surface area contributed by atoms with E-state index in [1.807, 2.05) is 0 Å². The highest BCUT2D eigenvalue weighted by Crippen LogP contribution is 2.39. The molecule has 2 heterocycles. The van der Waals surface area contributed by atoms with E-state index in [2.05, 4.69) is 17.1 Å². The molecule has 3 fully saturated rings. The van der Waals surface area contributed by atoms with Crippen LogP contribution in [0, 0.1) is 11.3 Å². The van der Waals surface area contributed by atoms with E-state index in [9.17, 15) is 0 Å². The second-order valence-corrected chi connectivity index (χ2v) is 6.35. The number of rotatable bonds is 2. The first-order chi connectivity index (χ1) is 7.25. The molecule has 2 saturated heterocycles. The van der Waals surface area contributed by atoms with Gasteiger partial charge in [0.1, 0.15) is 0 Å². The predicted octanol–water partition coefficient (Wildman–Crippen LogP) is 1.86. The summed E-state index contributed by atoms with van der Waals surface area (Å²) < 4.78 is 0. The molecular weight excluding hydrogens is 184 g/mol. The third-order valence-corrected chi connectivity index (χ3v) is 4.79. The average molecular weight is 208 g/mol. The molecule has 3 aliphatic rings. The molecule has 3 unspecified atom stereocenters. The van der Waals surface area contributed by atoms with Gasteiger partial charge >= 0.3 is 0 Å². The summed E-state index contributed by atoms with van der Waals surface area (Å²) in [5.74, 6) is 1.05. The van der Waals surface area contributed by atoms with E-state index in [1.54, 1.807) is 0 Å². The highest BCUT2D eigenvalue weighted by atomic mass is 15.2. The van der Waals surface area contributed by atoms with Gasteiger partial charge in [0.15, 0.2) is 0 Å². The molecule has 0 radical (unpaired) electrons. The van der Waals surface area contributed by atoms with Crippen LogP contribution < -0.4 is 5.32 Å². The van der Waals surface area contributed by atoms with Crippen LogP contribution >= 0.6 is 0 Å². The molecule has 2 heteroatoms. The van der Waals surface area contributed by atoms with Crippen molar-refractivity contribution in [2.75, 3.05) is 26.2 Å². The highest BCUT2D eigenvalue weighted by Gasteiger charge is 2.40. The van der Waals surface area contributed by atoms with Crippen molar-refractivity contribution in [1.29, 1.82) is 0 Å². The molecule has 86 valence electrons. The Morgan fingerprint density at radius 1 is 1.40 bits per heavy atom. The van der Waals surface area contributed by atoms with E-state index in [0.29, 0.717) is 5.41 Å². The number of nitrogens with zero attached hydrogens (tertiary/aromatic N) is 1. The van der Waals surface area contributed by atoms with Crippen LogP contribution in [0.15, 0.2) is 0 Å². The number of fused-ring (bicyclic) bond motifs is 2. The normalized spacial score (nSPS) is 46.2. The molecule has 0 amide bonds.